The summed E-state index contributed by atoms with van der Waals surface area (Å²) in [5.74, 6) is 0. The van der Waals surface area contributed by atoms with Crippen molar-refractivity contribution in [1.29, 1.82) is 5.26 Å². The molecule has 1 N–H and O–H groups in total. The molecule has 0 saturated heterocycles. The topological polar surface area (TPSA) is 79.9 Å². The number of nitriles is 1. The van der Waals surface area contributed by atoms with E-state index in [-0.39, 0.29) is 6.61 Å². The maximum Gasteiger partial charge on any atom is 0.408 e. The first-order valence-electron chi connectivity index (χ1n) is 7.73. The highest BCUT2D eigenvalue weighted by Gasteiger charge is 2.17. The highest BCUT2D eigenvalue weighted by atomic mass is 16.5. The lowest BCUT2D eigenvalue weighted by Crippen LogP contribution is -2.28. The molecule has 0 aliphatic rings. The SMILES string of the molecule is N#CC(NC(=O)OCc1ccccc1)c1cnn(-c2ccccc2)c1. The smallest absolute Gasteiger partial charge is 0.408 e. The lowest BCUT2D eigenvalue weighted by Gasteiger charge is -2.10. The molecule has 0 bridgehead atoms. The van der Waals surface area contributed by atoms with E-state index in [1.54, 1.807) is 17.1 Å². The molecule has 0 fully saturated rings. The first-order chi connectivity index (χ1) is 12.3. The van der Waals surface area contributed by atoms with Crippen molar-refractivity contribution in [2.45, 2.75) is 12.6 Å². The molecule has 1 unspecified atom stereocenters. The van der Waals surface area contributed by atoms with Crippen LogP contribution in [0.1, 0.15) is 17.2 Å². The number of alkyl carbamates (subject to hydrolysis) is 1. The van der Waals surface area contributed by atoms with Gasteiger partial charge in [-0.2, -0.15) is 10.4 Å². The molecule has 1 heterocycles. The van der Waals surface area contributed by atoms with E-state index >= 15 is 0 Å². The number of benzene rings is 2. The lowest BCUT2D eigenvalue weighted by atomic mass is 10.2. The van der Waals surface area contributed by atoms with Crippen molar-refractivity contribution >= 4 is 6.09 Å². The van der Waals surface area contributed by atoms with Crippen molar-refractivity contribution in [1.82, 2.24) is 15.1 Å². The average Bonchev–Trinajstić information content (AvgIpc) is 3.16. The Morgan fingerprint density at radius 2 is 1.84 bits per heavy atom. The van der Waals surface area contributed by atoms with Crippen LogP contribution in [0.5, 0.6) is 0 Å². The number of carbonyl (C=O) groups is 1. The van der Waals surface area contributed by atoms with Gasteiger partial charge in [0.15, 0.2) is 0 Å². The minimum atomic E-state index is -0.833. The molecule has 3 rings (SSSR count). The zero-order chi connectivity index (χ0) is 17.5. The van der Waals surface area contributed by atoms with Gasteiger partial charge in [-0.3, -0.25) is 0 Å². The van der Waals surface area contributed by atoms with Crippen molar-refractivity contribution in [3.63, 3.8) is 0 Å². The summed E-state index contributed by atoms with van der Waals surface area (Å²) in [6.45, 7) is 0.147. The number of aromatic nitrogens is 2. The number of hydrogen-bond donors (Lipinski definition) is 1. The van der Waals surface area contributed by atoms with Crippen LogP contribution < -0.4 is 5.32 Å². The van der Waals surface area contributed by atoms with Crippen molar-refractivity contribution in [2.75, 3.05) is 0 Å². The summed E-state index contributed by atoms with van der Waals surface area (Å²) >= 11 is 0. The molecule has 2 aromatic carbocycles. The average molecular weight is 332 g/mol. The fraction of sp³-hybridized carbons (Fsp3) is 0.105. The molecular weight excluding hydrogens is 316 g/mol. The Hall–Kier alpha value is -3.59. The summed E-state index contributed by atoms with van der Waals surface area (Å²) in [4.78, 5) is 11.9. The number of nitrogens with zero attached hydrogens (tertiary/aromatic N) is 3. The first kappa shape index (κ1) is 16.3. The van der Waals surface area contributed by atoms with Crippen molar-refractivity contribution in [3.8, 4) is 11.8 Å². The van der Waals surface area contributed by atoms with Gasteiger partial charge in [0.25, 0.3) is 0 Å². The van der Waals surface area contributed by atoms with Crippen LogP contribution in [-0.2, 0) is 11.3 Å². The van der Waals surface area contributed by atoms with Crippen LogP contribution in [-0.4, -0.2) is 15.9 Å². The van der Waals surface area contributed by atoms with Crippen LogP contribution >= 0.6 is 0 Å². The Morgan fingerprint density at radius 1 is 1.16 bits per heavy atom. The van der Waals surface area contributed by atoms with E-state index in [0.717, 1.165) is 11.3 Å². The van der Waals surface area contributed by atoms with Crippen LogP contribution in [0.25, 0.3) is 5.69 Å². The maximum atomic E-state index is 11.9. The molecule has 0 aliphatic carbocycles. The Kier molecular flexibility index (Phi) is 5.07. The summed E-state index contributed by atoms with van der Waals surface area (Å²) in [7, 11) is 0. The van der Waals surface area contributed by atoms with Gasteiger partial charge in [-0.1, -0.05) is 48.5 Å². The fourth-order valence-electron chi connectivity index (χ4n) is 2.28. The van der Waals surface area contributed by atoms with Crippen LogP contribution in [0, 0.1) is 11.3 Å². The molecule has 6 heteroatoms. The monoisotopic (exact) mass is 332 g/mol. The molecule has 1 amide bonds. The van der Waals surface area contributed by atoms with Gasteiger partial charge in [-0.05, 0) is 17.7 Å². The molecule has 124 valence electrons. The highest BCUT2D eigenvalue weighted by Crippen LogP contribution is 2.14. The van der Waals surface area contributed by atoms with Crippen LogP contribution in [0.3, 0.4) is 0 Å². The van der Waals surface area contributed by atoms with Crippen molar-refractivity contribution in [3.05, 3.63) is 84.2 Å². The second-order valence-corrected chi connectivity index (χ2v) is 5.32. The van der Waals surface area contributed by atoms with Crippen molar-refractivity contribution in [2.24, 2.45) is 0 Å². The molecule has 0 spiro atoms. The second-order valence-electron chi connectivity index (χ2n) is 5.32. The second kappa shape index (κ2) is 7.79. The van der Waals surface area contributed by atoms with Crippen LogP contribution in [0.2, 0.25) is 0 Å². The summed E-state index contributed by atoms with van der Waals surface area (Å²) in [6.07, 6.45) is 2.61. The number of hydrogen-bond acceptors (Lipinski definition) is 4. The Balaban J connectivity index is 1.62. The molecule has 3 aromatic rings. The normalized spacial score (nSPS) is 11.3. The van der Waals surface area contributed by atoms with Gasteiger partial charge in [-0.25, -0.2) is 9.48 Å². The Bertz CT molecular complexity index is 869. The molecule has 6 nitrogen and oxygen atoms in total. The zero-order valence-electron chi connectivity index (χ0n) is 13.4. The standard InChI is InChI=1S/C19H16N4O2/c20-11-18(22-19(24)25-14-15-7-3-1-4-8-15)16-12-21-23(13-16)17-9-5-2-6-10-17/h1-10,12-13,18H,14H2,(H,22,24). The molecule has 25 heavy (non-hydrogen) atoms. The zero-order valence-corrected chi connectivity index (χ0v) is 13.4. The number of para-hydroxylation sites is 1. The van der Waals surface area contributed by atoms with Crippen LogP contribution in [0.15, 0.2) is 73.1 Å². The van der Waals surface area contributed by atoms with Gasteiger partial charge >= 0.3 is 6.09 Å². The van der Waals surface area contributed by atoms with Crippen molar-refractivity contribution < 1.29 is 9.53 Å². The van der Waals surface area contributed by atoms with Gasteiger partial charge < -0.3 is 10.1 Å². The predicted octanol–water partition coefficient (Wildman–Crippen LogP) is 3.36. The Labute approximate surface area is 145 Å². The summed E-state index contributed by atoms with van der Waals surface area (Å²) < 4.78 is 6.79. The largest absolute Gasteiger partial charge is 0.445 e. The molecule has 0 radical (unpaired) electrons. The van der Waals surface area contributed by atoms with Gasteiger partial charge in [0, 0.05) is 11.8 Å². The third-order valence-electron chi connectivity index (χ3n) is 3.56. The number of carbonyl (C=O) groups excluding carboxylic acids is 1. The summed E-state index contributed by atoms with van der Waals surface area (Å²) in [5.41, 5.74) is 2.34. The first-order valence-corrected chi connectivity index (χ1v) is 7.73. The number of nitrogens with one attached hydrogen (secondary N) is 1. The van der Waals surface area contributed by atoms with Gasteiger partial charge in [0.05, 0.1) is 18.0 Å². The molecule has 1 atom stereocenters. The third-order valence-corrected chi connectivity index (χ3v) is 3.56. The number of ether oxygens (including phenoxy) is 1. The molecule has 0 saturated carbocycles. The maximum absolute atomic E-state index is 11.9. The van der Waals surface area contributed by atoms with Gasteiger partial charge in [0.1, 0.15) is 12.6 Å². The fourth-order valence-corrected chi connectivity index (χ4v) is 2.28. The number of rotatable bonds is 5. The lowest BCUT2D eigenvalue weighted by molar-refractivity contribution is 0.137. The van der Waals surface area contributed by atoms with E-state index in [1.807, 2.05) is 66.7 Å². The summed E-state index contributed by atoms with van der Waals surface area (Å²) in [5, 5.41) is 16.1. The molecule has 0 aliphatic heterocycles. The van der Waals surface area contributed by atoms with E-state index in [0.29, 0.717) is 5.56 Å². The summed E-state index contributed by atoms with van der Waals surface area (Å²) in [6, 6.07) is 20.1. The van der Waals surface area contributed by atoms with Gasteiger partial charge in [-0.15, -0.1) is 0 Å². The van der Waals surface area contributed by atoms with Crippen LogP contribution in [0.4, 0.5) is 4.79 Å². The van der Waals surface area contributed by atoms with E-state index in [4.69, 9.17) is 4.74 Å². The Morgan fingerprint density at radius 3 is 2.52 bits per heavy atom. The van der Waals surface area contributed by atoms with E-state index in [2.05, 4.69) is 10.4 Å². The number of amides is 1. The molecule has 1 aromatic heterocycles. The van der Waals surface area contributed by atoms with E-state index in [9.17, 15) is 10.1 Å². The van der Waals surface area contributed by atoms with E-state index in [1.165, 1.54) is 0 Å². The van der Waals surface area contributed by atoms with Gasteiger partial charge in [0.2, 0.25) is 0 Å². The molecular formula is C19H16N4O2. The minimum Gasteiger partial charge on any atom is -0.445 e. The van der Waals surface area contributed by atoms with E-state index < -0.39 is 12.1 Å². The highest BCUT2D eigenvalue weighted by molar-refractivity contribution is 5.68. The third kappa shape index (κ3) is 4.24. The minimum absolute atomic E-state index is 0.147. The predicted molar refractivity (Wildman–Crippen MR) is 91.7 cm³/mol. The quantitative estimate of drug-likeness (QED) is 0.777.